The first kappa shape index (κ1) is 30.1. The molecule has 0 fully saturated rings. The SMILES string of the molecule is C[C@@H]1CCC[C@H](NC(=O)OC(C)(C)C)c2cc(ccn2)-c2ccc(C#N)cc2NC1=O.O=C(O)C(F)(F)F. The highest BCUT2D eigenvalue weighted by atomic mass is 19.4. The second-order valence-corrected chi connectivity index (χ2v) is 9.66. The summed E-state index contributed by atoms with van der Waals surface area (Å²) in [6.45, 7) is 7.33. The van der Waals surface area contributed by atoms with Gasteiger partial charge in [0.05, 0.1) is 23.4 Å². The maximum absolute atomic E-state index is 12.7. The van der Waals surface area contributed by atoms with Gasteiger partial charge in [-0.15, -0.1) is 0 Å². The zero-order valence-corrected chi connectivity index (χ0v) is 21.3. The third kappa shape index (κ3) is 9.06. The first-order valence-corrected chi connectivity index (χ1v) is 11.7. The molecule has 1 aliphatic heterocycles. The molecule has 2 aromatic rings. The highest BCUT2D eigenvalue weighted by Gasteiger charge is 2.38. The molecule has 2 heterocycles. The fraction of sp³-hybridized carbons (Fsp3) is 0.423. The molecular formula is C26H29F3N4O5. The van der Waals surface area contributed by atoms with E-state index in [1.165, 1.54) is 0 Å². The lowest BCUT2D eigenvalue weighted by molar-refractivity contribution is -0.192. The molecule has 3 N–H and O–H groups in total. The standard InChI is InChI=1S/C24H28N4O3.C2HF3O2/c1-15-6-5-7-19(28-23(30)31-24(2,3)4)21-13-17(10-11-26-21)18-9-8-16(14-25)12-20(18)27-22(15)29;3-2(4,5)1(6)7/h8-13,15,19H,5-7H2,1-4H3,(H,27,29)(H,28,30);(H,6,7)/t15-,19+;/m1./s1. The average molecular weight is 535 g/mol. The van der Waals surface area contributed by atoms with E-state index in [0.29, 0.717) is 24.1 Å². The number of nitrogens with one attached hydrogen (secondary N) is 2. The molecule has 1 aliphatic rings. The van der Waals surface area contributed by atoms with E-state index in [0.717, 1.165) is 23.2 Å². The van der Waals surface area contributed by atoms with Crippen molar-refractivity contribution in [2.24, 2.45) is 5.92 Å². The summed E-state index contributed by atoms with van der Waals surface area (Å²) in [4.78, 5) is 38.6. The van der Waals surface area contributed by atoms with E-state index in [2.05, 4.69) is 21.7 Å². The molecule has 1 aromatic heterocycles. The second-order valence-electron chi connectivity index (χ2n) is 9.66. The number of alkyl carbamates (subject to hydrolysis) is 1. The summed E-state index contributed by atoms with van der Waals surface area (Å²) in [7, 11) is 0. The Bertz CT molecular complexity index is 1220. The number of amides is 2. The highest BCUT2D eigenvalue weighted by Crippen LogP contribution is 2.32. The summed E-state index contributed by atoms with van der Waals surface area (Å²) < 4.78 is 37.2. The van der Waals surface area contributed by atoms with Crippen LogP contribution in [0.3, 0.4) is 0 Å². The molecule has 1 aromatic carbocycles. The fourth-order valence-electron chi connectivity index (χ4n) is 3.53. The molecule has 0 unspecified atom stereocenters. The number of hydrogen-bond acceptors (Lipinski definition) is 6. The number of rotatable bonds is 1. The van der Waals surface area contributed by atoms with Crippen molar-refractivity contribution >= 4 is 23.7 Å². The van der Waals surface area contributed by atoms with Crippen LogP contribution in [-0.4, -0.2) is 39.8 Å². The number of carboxylic acids is 1. The maximum atomic E-state index is 12.7. The quantitative estimate of drug-likeness (QED) is 0.434. The highest BCUT2D eigenvalue weighted by molar-refractivity contribution is 5.97. The Morgan fingerprint density at radius 1 is 1.18 bits per heavy atom. The number of carbonyl (C=O) groups excluding carboxylic acids is 2. The largest absolute Gasteiger partial charge is 0.490 e. The van der Waals surface area contributed by atoms with Gasteiger partial charge in [0.1, 0.15) is 5.60 Å². The Kier molecular flexibility index (Phi) is 9.82. The molecule has 2 atom stereocenters. The topological polar surface area (TPSA) is 141 Å². The zero-order valence-electron chi connectivity index (χ0n) is 21.3. The Morgan fingerprint density at radius 2 is 1.84 bits per heavy atom. The monoisotopic (exact) mass is 534 g/mol. The minimum absolute atomic E-state index is 0.0946. The van der Waals surface area contributed by atoms with Crippen molar-refractivity contribution in [1.29, 1.82) is 5.26 Å². The normalized spacial score (nSPS) is 17.6. The number of hydrogen-bond donors (Lipinski definition) is 3. The van der Waals surface area contributed by atoms with Gasteiger partial charge in [0.15, 0.2) is 0 Å². The molecule has 2 bridgehead atoms. The van der Waals surface area contributed by atoms with Crippen molar-refractivity contribution in [1.82, 2.24) is 10.3 Å². The summed E-state index contributed by atoms with van der Waals surface area (Å²) in [6.07, 6.45) is -1.88. The van der Waals surface area contributed by atoms with Crippen LogP contribution in [0.4, 0.5) is 23.7 Å². The molecular weight excluding hydrogens is 505 g/mol. The van der Waals surface area contributed by atoms with Crippen LogP contribution < -0.4 is 10.6 Å². The van der Waals surface area contributed by atoms with E-state index in [1.54, 1.807) is 18.3 Å². The van der Waals surface area contributed by atoms with Crippen LogP contribution in [0.2, 0.25) is 0 Å². The summed E-state index contributed by atoms with van der Waals surface area (Å²) in [5, 5.41) is 22.3. The number of nitrogens with zero attached hydrogens (tertiary/aromatic N) is 2. The van der Waals surface area contributed by atoms with Crippen LogP contribution in [0.15, 0.2) is 36.5 Å². The number of aliphatic carboxylic acids is 1. The van der Waals surface area contributed by atoms with Crippen molar-refractivity contribution in [3.05, 3.63) is 47.8 Å². The van der Waals surface area contributed by atoms with Crippen LogP contribution in [0.5, 0.6) is 0 Å². The molecule has 0 aliphatic carbocycles. The fourth-order valence-corrected chi connectivity index (χ4v) is 3.53. The number of carboxylic acid groups (broad SMARTS) is 1. The lowest BCUT2D eigenvalue weighted by Gasteiger charge is -2.25. The van der Waals surface area contributed by atoms with E-state index in [-0.39, 0.29) is 17.9 Å². The molecule has 0 spiro atoms. The van der Waals surface area contributed by atoms with Crippen LogP contribution in [0, 0.1) is 17.2 Å². The number of carbonyl (C=O) groups is 3. The number of fused-ring (bicyclic) bond motifs is 4. The van der Waals surface area contributed by atoms with Crippen LogP contribution in [0.1, 0.15) is 64.3 Å². The molecule has 3 rings (SSSR count). The molecule has 12 heteroatoms. The third-order valence-corrected chi connectivity index (χ3v) is 5.37. The number of anilines is 1. The summed E-state index contributed by atoms with van der Waals surface area (Å²) in [5.74, 6) is -3.07. The van der Waals surface area contributed by atoms with Gasteiger partial charge >= 0.3 is 18.2 Å². The van der Waals surface area contributed by atoms with E-state index >= 15 is 0 Å². The molecule has 38 heavy (non-hydrogen) atoms. The Balaban J connectivity index is 0.000000638. The van der Waals surface area contributed by atoms with Crippen molar-refractivity contribution in [3.63, 3.8) is 0 Å². The van der Waals surface area contributed by atoms with Gasteiger partial charge in [-0.3, -0.25) is 9.78 Å². The maximum Gasteiger partial charge on any atom is 0.490 e. The second kappa shape index (κ2) is 12.4. The minimum atomic E-state index is -5.08. The first-order chi connectivity index (χ1) is 17.6. The summed E-state index contributed by atoms with van der Waals surface area (Å²) >= 11 is 0. The molecule has 2 amide bonds. The van der Waals surface area contributed by atoms with Gasteiger partial charge in [-0.1, -0.05) is 19.4 Å². The third-order valence-electron chi connectivity index (χ3n) is 5.37. The minimum Gasteiger partial charge on any atom is -0.475 e. The number of pyridine rings is 1. The van der Waals surface area contributed by atoms with Crippen molar-refractivity contribution < 1.29 is 37.4 Å². The molecule has 9 nitrogen and oxygen atoms in total. The number of benzene rings is 1. The van der Waals surface area contributed by atoms with Gasteiger partial charge in [0.2, 0.25) is 5.91 Å². The summed E-state index contributed by atoms with van der Waals surface area (Å²) in [6, 6.07) is 10.8. The summed E-state index contributed by atoms with van der Waals surface area (Å²) in [5.41, 5.74) is 2.81. The van der Waals surface area contributed by atoms with Gasteiger partial charge < -0.3 is 20.5 Å². The van der Waals surface area contributed by atoms with Crippen molar-refractivity contribution in [2.75, 3.05) is 5.32 Å². The molecule has 0 radical (unpaired) electrons. The lowest BCUT2D eigenvalue weighted by atomic mass is 9.95. The van der Waals surface area contributed by atoms with Crippen LogP contribution >= 0.6 is 0 Å². The smallest absolute Gasteiger partial charge is 0.475 e. The number of ether oxygens (including phenoxy) is 1. The number of aromatic nitrogens is 1. The lowest BCUT2D eigenvalue weighted by Crippen LogP contribution is -2.35. The van der Waals surface area contributed by atoms with Crippen molar-refractivity contribution in [2.45, 2.75) is 64.8 Å². The Hall–Kier alpha value is -4.14. The number of nitriles is 1. The molecule has 204 valence electrons. The van der Waals surface area contributed by atoms with Crippen molar-refractivity contribution in [3.8, 4) is 17.2 Å². The van der Waals surface area contributed by atoms with Gasteiger partial charge in [0, 0.05) is 23.4 Å². The van der Waals surface area contributed by atoms with E-state index in [4.69, 9.17) is 14.6 Å². The van der Waals surface area contributed by atoms with E-state index in [1.807, 2.05) is 45.9 Å². The van der Waals surface area contributed by atoms with Gasteiger partial charge in [-0.2, -0.15) is 18.4 Å². The number of alkyl halides is 3. The Labute approximate surface area is 218 Å². The predicted molar refractivity (Wildman–Crippen MR) is 132 cm³/mol. The zero-order chi connectivity index (χ0) is 28.7. The predicted octanol–water partition coefficient (Wildman–Crippen LogP) is 5.58. The average Bonchev–Trinajstić information content (AvgIpc) is 2.81. The van der Waals surface area contributed by atoms with Gasteiger partial charge in [0.25, 0.3) is 0 Å². The van der Waals surface area contributed by atoms with E-state index in [9.17, 15) is 28.0 Å². The van der Waals surface area contributed by atoms with Gasteiger partial charge in [-0.05, 0) is 63.4 Å². The molecule has 0 saturated heterocycles. The van der Waals surface area contributed by atoms with Crippen LogP contribution in [-0.2, 0) is 14.3 Å². The first-order valence-electron chi connectivity index (χ1n) is 11.7. The van der Waals surface area contributed by atoms with E-state index < -0.39 is 23.8 Å². The Morgan fingerprint density at radius 3 is 2.42 bits per heavy atom. The van der Waals surface area contributed by atoms with Crippen LogP contribution in [0.25, 0.3) is 11.1 Å². The number of halogens is 3. The molecule has 0 saturated carbocycles. The van der Waals surface area contributed by atoms with Gasteiger partial charge in [-0.25, -0.2) is 9.59 Å².